The van der Waals surface area contributed by atoms with Crippen molar-refractivity contribution in [2.24, 2.45) is 0 Å². The number of nitrogens with one attached hydrogen (secondary N) is 3. The summed E-state index contributed by atoms with van der Waals surface area (Å²) in [7, 11) is 0. The number of aryl methyl sites for hydroxylation is 2. The second-order valence-electron chi connectivity index (χ2n) is 8.51. The SMILES string of the molecule is CC(=O)Nc1ccc(NC(=O)C(C)Sc2nc(-c3ccc(C)cc3)c(-c3ccc(C)cc3)[nH]2)cc1. The predicted molar refractivity (Wildman–Crippen MR) is 144 cm³/mol. The summed E-state index contributed by atoms with van der Waals surface area (Å²) < 4.78 is 0. The van der Waals surface area contributed by atoms with Crippen LogP contribution in [0.3, 0.4) is 0 Å². The Morgan fingerprint density at radius 3 is 1.86 bits per heavy atom. The summed E-state index contributed by atoms with van der Waals surface area (Å²) >= 11 is 1.38. The van der Waals surface area contributed by atoms with Crippen molar-refractivity contribution < 1.29 is 9.59 Å². The molecule has 178 valence electrons. The normalized spacial score (nSPS) is 11.7. The highest BCUT2D eigenvalue weighted by Crippen LogP contribution is 2.34. The molecule has 0 saturated heterocycles. The molecule has 35 heavy (non-hydrogen) atoms. The van der Waals surface area contributed by atoms with E-state index in [0.29, 0.717) is 16.5 Å². The lowest BCUT2D eigenvalue weighted by Crippen LogP contribution is -2.22. The monoisotopic (exact) mass is 484 g/mol. The van der Waals surface area contributed by atoms with Crippen LogP contribution < -0.4 is 10.6 Å². The number of imidazole rings is 1. The van der Waals surface area contributed by atoms with Crippen molar-refractivity contribution in [3.05, 3.63) is 83.9 Å². The second kappa shape index (κ2) is 10.6. The van der Waals surface area contributed by atoms with Gasteiger partial charge in [0.05, 0.1) is 16.6 Å². The fourth-order valence-electron chi connectivity index (χ4n) is 3.56. The molecule has 1 unspecified atom stereocenters. The van der Waals surface area contributed by atoms with Gasteiger partial charge in [0.25, 0.3) is 0 Å². The van der Waals surface area contributed by atoms with Crippen molar-refractivity contribution in [1.29, 1.82) is 0 Å². The lowest BCUT2D eigenvalue weighted by molar-refractivity contribution is -0.115. The minimum absolute atomic E-state index is 0.132. The van der Waals surface area contributed by atoms with Gasteiger partial charge in [0.15, 0.2) is 5.16 Å². The number of benzene rings is 3. The average molecular weight is 485 g/mol. The smallest absolute Gasteiger partial charge is 0.237 e. The Hall–Kier alpha value is -3.84. The Bertz CT molecular complexity index is 1260. The van der Waals surface area contributed by atoms with E-state index in [0.717, 1.165) is 22.5 Å². The van der Waals surface area contributed by atoms with Crippen LogP contribution in [0.25, 0.3) is 22.5 Å². The Balaban J connectivity index is 1.53. The Kier molecular flexibility index (Phi) is 7.36. The molecule has 0 spiro atoms. The summed E-state index contributed by atoms with van der Waals surface area (Å²) in [5, 5.41) is 5.94. The van der Waals surface area contributed by atoms with Gasteiger partial charge in [-0.05, 0) is 45.0 Å². The second-order valence-corrected chi connectivity index (χ2v) is 9.83. The Labute approximate surface area is 209 Å². The van der Waals surface area contributed by atoms with E-state index >= 15 is 0 Å². The number of nitrogens with zero attached hydrogens (tertiary/aromatic N) is 1. The van der Waals surface area contributed by atoms with Crippen molar-refractivity contribution in [2.75, 3.05) is 10.6 Å². The molecule has 0 bridgehead atoms. The molecule has 3 N–H and O–H groups in total. The van der Waals surface area contributed by atoms with Crippen molar-refractivity contribution in [3.8, 4) is 22.5 Å². The van der Waals surface area contributed by atoms with E-state index in [1.54, 1.807) is 24.3 Å². The third kappa shape index (κ3) is 6.19. The van der Waals surface area contributed by atoms with Gasteiger partial charge in [-0.1, -0.05) is 71.4 Å². The standard InChI is InChI=1S/C28H28N4O2S/c1-17-5-9-21(10-6-17)25-26(22-11-7-18(2)8-12-22)32-28(31-25)35-19(3)27(34)30-24-15-13-23(14-16-24)29-20(4)33/h5-16,19H,1-4H3,(H,29,33)(H,30,34)(H,31,32). The molecular weight excluding hydrogens is 456 g/mol. The molecule has 4 rings (SSSR count). The van der Waals surface area contributed by atoms with Gasteiger partial charge >= 0.3 is 0 Å². The number of carbonyl (C=O) groups is 2. The molecule has 0 aliphatic heterocycles. The van der Waals surface area contributed by atoms with Crippen LogP contribution in [0.5, 0.6) is 0 Å². The van der Waals surface area contributed by atoms with E-state index in [1.165, 1.54) is 29.8 Å². The van der Waals surface area contributed by atoms with Crippen molar-refractivity contribution in [2.45, 2.75) is 38.1 Å². The summed E-state index contributed by atoms with van der Waals surface area (Å²) in [5.74, 6) is -0.271. The summed E-state index contributed by atoms with van der Waals surface area (Å²) in [6.07, 6.45) is 0. The van der Waals surface area contributed by atoms with Crippen LogP contribution in [0, 0.1) is 13.8 Å². The first-order chi connectivity index (χ1) is 16.8. The van der Waals surface area contributed by atoms with Gasteiger partial charge in [-0.15, -0.1) is 0 Å². The molecular formula is C28H28N4O2S. The molecule has 2 amide bonds. The lowest BCUT2D eigenvalue weighted by atomic mass is 10.0. The first kappa shape index (κ1) is 24.3. The molecule has 1 heterocycles. The molecule has 0 fully saturated rings. The molecule has 4 aromatic rings. The number of hydrogen-bond acceptors (Lipinski definition) is 4. The van der Waals surface area contributed by atoms with Gasteiger partial charge in [0.1, 0.15) is 0 Å². The number of anilines is 2. The van der Waals surface area contributed by atoms with Crippen LogP contribution in [0.2, 0.25) is 0 Å². The number of amides is 2. The van der Waals surface area contributed by atoms with Gasteiger partial charge in [-0.25, -0.2) is 4.98 Å². The van der Waals surface area contributed by atoms with Crippen molar-refractivity contribution in [1.82, 2.24) is 9.97 Å². The fraction of sp³-hybridized carbons (Fsp3) is 0.179. The van der Waals surface area contributed by atoms with E-state index in [4.69, 9.17) is 4.98 Å². The number of rotatable bonds is 7. The number of aromatic nitrogens is 2. The minimum atomic E-state index is -0.382. The molecule has 1 atom stereocenters. The topological polar surface area (TPSA) is 86.9 Å². The summed E-state index contributed by atoms with van der Waals surface area (Å²) in [6, 6.07) is 23.6. The number of thioether (sulfide) groups is 1. The van der Waals surface area contributed by atoms with Crippen LogP contribution in [0.1, 0.15) is 25.0 Å². The lowest BCUT2D eigenvalue weighted by Gasteiger charge is -2.11. The Morgan fingerprint density at radius 1 is 0.800 bits per heavy atom. The van der Waals surface area contributed by atoms with Crippen molar-refractivity contribution in [3.63, 3.8) is 0 Å². The molecule has 0 aliphatic rings. The quantitative estimate of drug-likeness (QED) is 0.264. The van der Waals surface area contributed by atoms with Crippen molar-refractivity contribution >= 4 is 35.0 Å². The number of hydrogen-bond donors (Lipinski definition) is 3. The molecule has 7 heteroatoms. The van der Waals surface area contributed by atoms with E-state index in [-0.39, 0.29) is 17.1 Å². The molecule has 0 saturated carbocycles. The third-order valence-corrected chi connectivity index (χ3v) is 6.46. The predicted octanol–water partition coefficient (Wildman–Crippen LogP) is 6.44. The van der Waals surface area contributed by atoms with Crippen LogP contribution in [-0.4, -0.2) is 27.0 Å². The Morgan fingerprint density at radius 2 is 1.31 bits per heavy atom. The van der Waals surface area contributed by atoms with E-state index in [2.05, 4.69) is 78.0 Å². The highest BCUT2D eigenvalue weighted by molar-refractivity contribution is 8.00. The summed E-state index contributed by atoms with van der Waals surface area (Å²) in [6.45, 7) is 7.43. The maximum atomic E-state index is 12.8. The zero-order chi connectivity index (χ0) is 24.9. The largest absolute Gasteiger partial charge is 0.332 e. The molecule has 6 nitrogen and oxygen atoms in total. The summed E-state index contributed by atoms with van der Waals surface area (Å²) in [4.78, 5) is 32.3. The van der Waals surface area contributed by atoms with E-state index in [1.807, 2.05) is 6.92 Å². The number of carbonyl (C=O) groups excluding carboxylic acids is 2. The van der Waals surface area contributed by atoms with Crippen LogP contribution in [0.4, 0.5) is 11.4 Å². The third-order valence-electron chi connectivity index (χ3n) is 5.48. The zero-order valence-electron chi connectivity index (χ0n) is 20.2. The first-order valence-electron chi connectivity index (χ1n) is 11.4. The summed E-state index contributed by atoms with van der Waals surface area (Å²) in [5.41, 5.74) is 7.57. The first-order valence-corrected chi connectivity index (χ1v) is 12.3. The number of aromatic amines is 1. The van der Waals surface area contributed by atoms with Crippen LogP contribution in [0.15, 0.2) is 78.0 Å². The maximum Gasteiger partial charge on any atom is 0.237 e. The molecule has 0 aliphatic carbocycles. The molecule has 0 radical (unpaired) electrons. The molecule has 3 aromatic carbocycles. The van der Waals surface area contributed by atoms with Gasteiger partial charge in [0, 0.05) is 29.4 Å². The van der Waals surface area contributed by atoms with E-state index < -0.39 is 0 Å². The van der Waals surface area contributed by atoms with Crippen LogP contribution >= 0.6 is 11.8 Å². The fourth-order valence-corrected chi connectivity index (χ4v) is 4.37. The van der Waals surface area contributed by atoms with Gasteiger partial charge in [0.2, 0.25) is 11.8 Å². The maximum absolute atomic E-state index is 12.8. The zero-order valence-corrected chi connectivity index (χ0v) is 21.0. The van der Waals surface area contributed by atoms with E-state index in [9.17, 15) is 9.59 Å². The van der Waals surface area contributed by atoms with Gasteiger partial charge in [-0.3, -0.25) is 9.59 Å². The average Bonchev–Trinajstić information content (AvgIpc) is 3.24. The highest BCUT2D eigenvalue weighted by atomic mass is 32.2. The minimum Gasteiger partial charge on any atom is -0.332 e. The van der Waals surface area contributed by atoms with Gasteiger partial charge < -0.3 is 15.6 Å². The molecule has 1 aromatic heterocycles. The van der Waals surface area contributed by atoms with Gasteiger partial charge in [-0.2, -0.15) is 0 Å². The van der Waals surface area contributed by atoms with Crippen LogP contribution in [-0.2, 0) is 9.59 Å². The highest BCUT2D eigenvalue weighted by Gasteiger charge is 2.20. The number of H-pyrrole nitrogens is 1.